The van der Waals surface area contributed by atoms with Crippen LogP contribution >= 0.6 is 0 Å². The molecular formula is C24H39N3O5. The Balaban J connectivity index is 1.59. The maximum atomic E-state index is 13.4. The highest BCUT2D eigenvalue weighted by Crippen LogP contribution is 2.22. The molecule has 2 aliphatic heterocycles. The first-order chi connectivity index (χ1) is 15.5. The Labute approximate surface area is 192 Å². The van der Waals surface area contributed by atoms with Crippen LogP contribution in [0, 0.1) is 0 Å². The summed E-state index contributed by atoms with van der Waals surface area (Å²) >= 11 is 0. The minimum Gasteiger partial charge on any atom is -0.496 e. The maximum absolute atomic E-state index is 13.4. The number of carbonyl (C=O) groups is 1. The molecule has 0 radical (unpaired) electrons. The molecule has 0 aliphatic carbocycles. The van der Waals surface area contributed by atoms with E-state index in [1.807, 2.05) is 29.2 Å². The summed E-state index contributed by atoms with van der Waals surface area (Å²) in [5.41, 5.74) is 0.573. The fourth-order valence-corrected chi connectivity index (χ4v) is 4.37. The lowest BCUT2D eigenvalue weighted by Gasteiger charge is -2.39. The Morgan fingerprint density at radius 1 is 1.19 bits per heavy atom. The number of amides is 1. The Bertz CT molecular complexity index is 713. The smallest absolute Gasteiger partial charge is 0.257 e. The van der Waals surface area contributed by atoms with Gasteiger partial charge < -0.3 is 24.2 Å². The molecule has 8 heteroatoms. The van der Waals surface area contributed by atoms with Gasteiger partial charge in [0.1, 0.15) is 5.75 Å². The van der Waals surface area contributed by atoms with Gasteiger partial charge in [0.15, 0.2) is 0 Å². The molecule has 0 saturated carbocycles. The Morgan fingerprint density at radius 2 is 1.88 bits per heavy atom. The van der Waals surface area contributed by atoms with Gasteiger partial charge in [-0.1, -0.05) is 19.1 Å². The van der Waals surface area contributed by atoms with E-state index in [4.69, 9.17) is 14.2 Å². The first-order valence-corrected chi connectivity index (χ1v) is 11.8. The molecule has 0 bridgehead atoms. The van der Waals surface area contributed by atoms with E-state index in [9.17, 15) is 9.90 Å². The van der Waals surface area contributed by atoms with Crippen LogP contribution in [0.25, 0.3) is 0 Å². The molecule has 0 unspecified atom stereocenters. The van der Waals surface area contributed by atoms with Crippen LogP contribution in [0.2, 0.25) is 0 Å². The lowest BCUT2D eigenvalue weighted by atomic mass is 10.1. The molecule has 2 saturated heterocycles. The van der Waals surface area contributed by atoms with Crippen molar-refractivity contribution in [2.45, 2.75) is 38.5 Å². The number of benzene rings is 1. The summed E-state index contributed by atoms with van der Waals surface area (Å²) in [4.78, 5) is 19.8. The van der Waals surface area contributed by atoms with E-state index in [2.05, 4.69) is 23.6 Å². The number of hydrogen-bond acceptors (Lipinski definition) is 7. The van der Waals surface area contributed by atoms with Crippen molar-refractivity contribution in [2.24, 2.45) is 0 Å². The molecule has 8 nitrogen and oxygen atoms in total. The first-order valence-electron chi connectivity index (χ1n) is 11.8. The third kappa shape index (κ3) is 6.89. The summed E-state index contributed by atoms with van der Waals surface area (Å²) in [5.74, 6) is 0.549. The average molecular weight is 450 g/mol. The summed E-state index contributed by atoms with van der Waals surface area (Å²) in [6.07, 6.45) is 0.356. The molecule has 2 fully saturated rings. The van der Waals surface area contributed by atoms with Crippen molar-refractivity contribution in [1.82, 2.24) is 14.7 Å². The summed E-state index contributed by atoms with van der Waals surface area (Å²) in [5, 5.41) is 10.6. The standard InChI is InChI=1S/C24H39N3O5/c1-4-19(2)27(24(29)22-7-5-6-8-23(22)30-3)18-21-17-26(11-14-32-21)16-20(28)15-25-9-12-31-13-10-25/h5-8,19-21,28H,4,9-18H2,1-3H3/t19-,20-,21-/m0/s1. The number of rotatable bonds is 10. The van der Waals surface area contributed by atoms with Gasteiger partial charge in [0.2, 0.25) is 0 Å². The second kappa shape index (κ2) is 12.5. The van der Waals surface area contributed by atoms with Gasteiger partial charge in [0.25, 0.3) is 5.91 Å². The normalized spacial score (nSPS) is 22.3. The largest absolute Gasteiger partial charge is 0.496 e. The maximum Gasteiger partial charge on any atom is 0.257 e. The fraction of sp³-hybridized carbons (Fsp3) is 0.708. The van der Waals surface area contributed by atoms with Gasteiger partial charge in [-0.3, -0.25) is 14.6 Å². The summed E-state index contributed by atoms with van der Waals surface area (Å²) in [6, 6.07) is 7.44. The molecule has 1 aromatic rings. The number of β-amino-alcohol motifs (C(OH)–C–C–N with tert-alkyl or cyclic N) is 1. The number of aliphatic hydroxyl groups is 1. The average Bonchev–Trinajstić information content (AvgIpc) is 2.82. The molecule has 0 spiro atoms. The zero-order chi connectivity index (χ0) is 22.9. The Hall–Kier alpha value is -1.71. The van der Waals surface area contributed by atoms with E-state index >= 15 is 0 Å². The predicted octanol–water partition coefficient (Wildman–Crippen LogP) is 1.33. The van der Waals surface area contributed by atoms with Gasteiger partial charge in [-0.25, -0.2) is 0 Å². The number of nitrogens with zero attached hydrogens (tertiary/aromatic N) is 3. The van der Waals surface area contributed by atoms with Crippen LogP contribution in [0.4, 0.5) is 0 Å². The number of ether oxygens (including phenoxy) is 3. The van der Waals surface area contributed by atoms with Crippen molar-refractivity contribution in [1.29, 1.82) is 0 Å². The van der Waals surface area contributed by atoms with Crippen LogP contribution in [-0.2, 0) is 9.47 Å². The SMILES string of the molecule is CC[C@H](C)N(C[C@@H]1CN(C[C@@H](O)CN2CCOCC2)CCO1)C(=O)c1ccccc1OC. The van der Waals surface area contributed by atoms with Crippen molar-refractivity contribution < 1.29 is 24.1 Å². The molecular weight excluding hydrogens is 410 g/mol. The summed E-state index contributed by atoms with van der Waals surface area (Å²) in [7, 11) is 1.59. The molecule has 32 heavy (non-hydrogen) atoms. The van der Waals surface area contributed by atoms with Crippen LogP contribution in [0.5, 0.6) is 5.75 Å². The highest BCUT2D eigenvalue weighted by molar-refractivity contribution is 5.97. The van der Waals surface area contributed by atoms with Crippen LogP contribution in [0.3, 0.4) is 0 Å². The number of hydrogen-bond donors (Lipinski definition) is 1. The van der Waals surface area contributed by atoms with Gasteiger partial charge >= 0.3 is 0 Å². The highest BCUT2D eigenvalue weighted by atomic mass is 16.5. The van der Waals surface area contributed by atoms with Gasteiger partial charge in [-0.15, -0.1) is 0 Å². The van der Waals surface area contributed by atoms with E-state index in [-0.39, 0.29) is 18.1 Å². The van der Waals surface area contributed by atoms with Gasteiger partial charge in [0, 0.05) is 51.9 Å². The number of morpholine rings is 2. The first kappa shape index (κ1) is 24.9. The molecule has 3 rings (SSSR count). The minimum atomic E-state index is -0.410. The second-order valence-corrected chi connectivity index (χ2v) is 8.73. The van der Waals surface area contributed by atoms with Gasteiger partial charge in [-0.2, -0.15) is 0 Å². The molecule has 180 valence electrons. The summed E-state index contributed by atoms with van der Waals surface area (Å²) < 4.78 is 16.8. The van der Waals surface area contributed by atoms with Crippen molar-refractivity contribution in [3.63, 3.8) is 0 Å². The Kier molecular flexibility index (Phi) is 9.74. The van der Waals surface area contributed by atoms with E-state index in [1.54, 1.807) is 7.11 Å². The predicted molar refractivity (Wildman–Crippen MR) is 123 cm³/mol. The zero-order valence-corrected chi connectivity index (χ0v) is 19.7. The second-order valence-electron chi connectivity index (χ2n) is 8.73. The van der Waals surface area contributed by atoms with Crippen LogP contribution < -0.4 is 4.74 Å². The molecule has 0 aromatic heterocycles. The zero-order valence-electron chi connectivity index (χ0n) is 19.7. The van der Waals surface area contributed by atoms with Gasteiger partial charge in [-0.05, 0) is 25.5 Å². The number of para-hydroxylation sites is 1. The van der Waals surface area contributed by atoms with E-state index in [1.165, 1.54) is 0 Å². The third-order valence-corrected chi connectivity index (χ3v) is 6.39. The Morgan fingerprint density at radius 3 is 2.59 bits per heavy atom. The molecule has 1 amide bonds. The van der Waals surface area contributed by atoms with Crippen molar-refractivity contribution in [2.75, 3.05) is 72.7 Å². The lowest BCUT2D eigenvalue weighted by Crippen LogP contribution is -2.53. The van der Waals surface area contributed by atoms with Crippen molar-refractivity contribution in [3.05, 3.63) is 29.8 Å². The number of aliphatic hydroxyl groups excluding tert-OH is 1. The van der Waals surface area contributed by atoms with E-state index in [0.717, 1.165) is 39.3 Å². The minimum absolute atomic E-state index is 0.0372. The number of methoxy groups -OCH3 is 1. The van der Waals surface area contributed by atoms with Crippen molar-refractivity contribution >= 4 is 5.91 Å². The fourth-order valence-electron chi connectivity index (χ4n) is 4.37. The molecule has 1 aromatic carbocycles. The highest BCUT2D eigenvalue weighted by Gasteiger charge is 2.30. The molecule has 1 N–H and O–H groups in total. The van der Waals surface area contributed by atoms with Crippen molar-refractivity contribution in [3.8, 4) is 5.75 Å². The molecule has 2 heterocycles. The summed E-state index contributed by atoms with van der Waals surface area (Å²) in [6.45, 7) is 11.3. The van der Waals surface area contributed by atoms with E-state index < -0.39 is 6.10 Å². The quantitative estimate of drug-likeness (QED) is 0.578. The monoisotopic (exact) mass is 449 g/mol. The lowest BCUT2D eigenvalue weighted by molar-refractivity contribution is -0.0581. The van der Waals surface area contributed by atoms with Crippen LogP contribution in [0.1, 0.15) is 30.6 Å². The third-order valence-electron chi connectivity index (χ3n) is 6.39. The van der Waals surface area contributed by atoms with Gasteiger partial charge in [0.05, 0.1) is 44.7 Å². The number of carbonyl (C=O) groups excluding carboxylic acids is 1. The topological polar surface area (TPSA) is 74.7 Å². The van der Waals surface area contributed by atoms with Crippen LogP contribution in [0.15, 0.2) is 24.3 Å². The molecule has 2 aliphatic rings. The van der Waals surface area contributed by atoms with E-state index in [0.29, 0.717) is 44.1 Å². The molecule has 3 atom stereocenters. The van der Waals surface area contributed by atoms with Crippen LogP contribution in [-0.4, -0.2) is 117 Å².